The van der Waals surface area contributed by atoms with Crippen molar-refractivity contribution in [2.75, 3.05) is 5.73 Å². The van der Waals surface area contributed by atoms with Crippen molar-refractivity contribution in [1.29, 1.82) is 5.26 Å². The van der Waals surface area contributed by atoms with Crippen LogP contribution < -0.4 is 10.5 Å². The van der Waals surface area contributed by atoms with Crippen molar-refractivity contribution < 1.29 is 8.42 Å². The summed E-state index contributed by atoms with van der Waals surface area (Å²) in [6, 6.07) is 12.7. The number of benzene rings is 2. The number of nitrogens with zero attached hydrogens (tertiary/aromatic N) is 1. The number of nitrogens with two attached hydrogens (primary N) is 1. The van der Waals surface area contributed by atoms with Crippen molar-refractivity contribution in [2.24, 2.45) is 0 Å². The van der Waals surface area contributed by atoms with E-state index in [0.29, 0.717) is 5.69 Å². The summed E-state index contributed by atoms with van der Waals surface area (Å²) in [4.78, 5) is 0.0157. The summed E-state index contributed by atoms with van der Waals surface area (Å²) in [6.07, 6.45) is 0. The van der Waals surface area contributed by atoms with Crippen molar-refractivity contribution in [3.8, 4) is 6.07 Å². The molecule has 0 aliphatic heterocycles. The number of hydrogen-bond acceptors (Lipinski definition) is 4. The Hall–Kier alpha value is -2.07. The smallest absolute Gasteiger partial charge is 0.240 e. The van der Waals surface area contributed by atoms with Gasteiger partial charge in [0.05, 0.1) is 15.5 Å². The van der Waals surface area contributed by atoms with Crippen molar-refractivity contribution in [2.45, 2.75) is 11.4 Å². The highest BCUT2D eigenvalue weighted by atomic mass is 35.5. The van der Waals surface area contributed by atoms with E-state index in [1.54, 1.807) is 24.3 Å². The van der Waals surface area contributed by atoms with Crippen LogP contribution in [0.5, 0.6) is 0 Å². The first-order valence-corrected chi connectivity index (χ1v) is 7.82. The van der Waals surface area contributed by atoms with E-state index in [1.807, 2.05) is 6.07 Å². The summed E-state index contributed by atoms with van der Waals surface area (Å²) in [7, 11) is -3.69. The van der Waals surface area contributed by atoms with Gasteiger partial charge < -0.3 is 5.73 Å². The van der Waals surface area contributed by atoms with Gasteiger partial charge in [0.25, 0.3) is 0 Å². The van der Waals surface area contributed by atoms with Gasteiger partial charge in [-0.1, -0.05) is 23.7 Å². The van der Waals surface area contributed by atoms with E-state index in [0.717, 1.165) is 5.56 Å². The zero-order valence-electron chi connectivity index (χ0n) is 10.9. The summed E-state index contributed by atoms with van der Waals surface area (Å²) in [6.45, 7) is 0.139. The lowest BCUT2D eigenvalue weighted by molar-refractivity contribution is 0.581. The number of anilines is 1. The molecule has 0 bridgehead atoms. The number of halogens is 1. The molecule has 2 rings (SSSR count). The van der Waals surface area contributed by atoms with Crippen LogP contribution in [0.25, 0.3) is 0 Å². The van der Waals surface area contributed by atoms with Crippen LogP contribution in [-0.2, 0) is 16.6 Å². The molecule has 7 heteroatoms. The maximum Gasteiger partial charge on any atom is 0.240 e. The van der Waals surface area contributed by atoms with Crippen molar-refractivity contribution in [3.05, 3.63) is 58.6 Å². The zero-order valence-corrected chi connectivity index (χ0v) is 12.4. The molecule has 2 aromatic carbocycles. The van der Waals surface area contributed by atoms with E-state index in [-0.39, 0.29) is 22.0 Å². The molecule has 3 N–H and O–H groups in total. The van der Waals surface area contributed by atoms with Gasteiger partial charge in [0.2, 0.25) is 10.0 Å². The van der Waals surface area contributed by atoms with Gasteiger partial charge in [-0.3, -0.25) is 0 Å². The second-order valence-corrected chi connectivity index (χ2v) is 6.49. The monoisotopic (exact) mass is 321 g/mol. The molecule has 0 aliphatic rings. The molecule has 21 heavy (non-hydrogen) atoms. The number of nitriles is 1. The molecule has 0 atom stereocenters. The first-order chi connectivity index (χ1) is 9.92. The highest BCUT2D eigenvalue weighted by Gasteiger charge is 2.15. The van der Waals surface area contributed by atoms with Gasteiger partial charge in [-0.2, -0.15) is 5.26 Å². The molecule has 0 saturated carbocycles. The Kier molecular flexibility index (Phi) is 4.48. The maximum absolute atomic E-state index is 12.1. The molecular formula is C14H12ClN3O2S. The van der Waals surface area contributed by atoms with E-state index < -0.39 is 10.0 Å². The normalized spacial score (nSPS) is 11.0. The Morgan fingerprint density at radius 1 is 1.19 bits per heavy atom. The molecule has 0 fully saturated rings. The third-order valence-electron chi connectivity index (χ3n) is 2.82. The minimum absolute atomic E-state index is 0.0157. The van der Waals surface area contributed by atoms with Crippen LogP contribution >= 0.6 is 11.6 Å². The van der Waals surface area contributed by atoms with Gasteiger partial charge in [-0.05, 0) is 35.9 Å². The predicted octanol–water partition coefficient (Wildman–Crippen LogP) is 2.27. The molecule has 2 aromatic rings. The number of hydrogen-bond donors (Lipinski definition) is 2. The molecule has 0 unspecified atom stereocenters. The van der Waals surface area contributed by atoms with E-state index >= 15 is 0 Å². The Balaban J connectivity index is 2.17. The highest BCUT2D eigenvalue weighted by molar-refractivity contribution is 7.89. The summed E-state index contributed by atoms with van der Waals surface area (Å²) >= 11 is 5.84. The van der Waals surface area contributed by atoms with Crippen LogP contribution in [0.1, 0.15) is 11.1 Å². The first kappa shape index (κ1) is 15.3. The molecular weight excluding hydrogens is 310 g/mol. The minimum atomic E-state index is -3.69. The molecule has 0 saturated heterocycles. The lowest BCUT2D eigenvalue weighted by Crippen LogP contribution is -2.23. The standard InChI is InChI=1S/C14H12ClN3O2S/c15-14-7-13(6-3-11(14)8-16)21(19,20)18-9-10-1-4-12(17)5-2-10/h1-7,18H,9,17H2. The van der Waals surface area contributed by atoms with Crippen LogP contribution in [0.15, 0.2) is 47.4 Å². The van der Waals surface area contributed by atoms with Crippen LogP contribution in [0.2, 0.25) is 5.02 Å². The molecule has 0 heterocycles. The Labute approximate surface area is 128 Å². The molecule has 0 amide bonds. The molecule has 0 spiro atoms. The molecule has 108 valence electrons. The van der Waals surface area contributed by atoms with Crippen molar-refractivity contribution >= 4 is 27.3 Å². The van der Waals surface area contributed by atoms with Gasteiger partial charge in [0.15, 0.2) is 0 Å². The SMILES string of the molecule is N#Cc1ccc(S(=O)(=O)NCc2ccc(N)cc2)cc1Cl. The summed E-state index contributed by atoms with van der Waals surface area (Å²) in [5.74, 6) is 0. The fourth-order valence-corrected chi connectivity index (χ4v) is 2.98. The number of nitrogens with one attached hydrogen (secondary N) is 1. The van der Waals surface area contributed by atoms with E-state index in [9.17, 15) is 8.42 Å². The van der Waals surface area contributed by atoms with Gasteiger partial charge >= 0.3 is 0 Å². The average molecular weight is 322 g/mol. The number of sulfonamides is 1. The van der Waals surface area contributed by atoms with Gasteiger partial charge in [0, 0.05) is 12.2 Å². The van der Waals surface area contributed by atoms with E-state index in [4.69, 9.17) is 22.6 Å². The Bertz CT molecular complexity index is 796. The van der Waals surface area contributed by atoms with E-state index in [1.165, 1.54) is 18.2 Å². The fraction of sp³-hybridized carbons (Fsp3) is 0.0714. The Morgan fingerprint density at radius 3 is 2.43 bits per heavy atom. The molecule has 0 aromatic heterocycles. The average Bonchev–Trinajstić information content (AvgIpc) is 2.46. The van der Waals surface area contributed by atoms with Crippen molar-refractivity contribution in [3.63, 3.8) is 0 Å². The largest absolute Gasteiger partial charge is 0.399 e. The lowest BCUT2D eigenvalue weighted by Gasteiger charge is -2.08. The summed E-state index contributed by atoms with van der Waals surface area (Å²) in [5.41, 5.74) is 7.19. The maximum atomic E-state index is 12.1. The van der Waals surface area contributed by atoms with Crippen LogP contribution in [-0.4, -0.2) is 8.42 Å². The summed E-state index contributed by atoms with van der Waals surface area (Å²) < 4.78 is 26.8. The fourth-order valence-electron chi connectivity index (χ4n) is 1.65. The van der Waals surface area contributed by atoms with Crippen LogP contribution in [0, 0.1) is 11.3 Å². The topological polar surface area (TPSA) is 96.0 Å². The van der Waals surface area contributed by atoms with E-state index in [2.05, 4.69) is 4.72 Å². The molecule has 0 aliphatic carbocycles. The van der Waals surface area contributed by atoms with Gasteiger partial charge in [-0.25, -0.2) is 13.1 Å². The molecule has 5 nitrogen and oxygen atoms in total. The first-order valence-electron chi connectivity index (χ1n) is 5.96. The van der Waals surface area contributed by atoms with Crippen LogP contribution in [0.4, 0.5) is 5.69 Å². The highest BCUT2D eigenvalue weighted by Crippen LogP contribution is 2.20. The predicted molar refractivity (Wildman–Crippen MR) is 81.0 cm³/mol. The number of rotatable bonds is 4. The number of nitrogen functional groups attached to an aromatic ring is 1. The second kappa shape index (κ2) is 6.14. The quantitative estimate of drug-likeness (QED) is 0.844. The summed E-state index contributed by atoms with van der Waals surface area (Å²) in [5, 5.41) is 8.88. The van der Waals surface area contributed by atoms with Gasteiger partial charge in [-0.15, -0.1) is 0 Å². The van der Waals surface area contributed by atoms with Gasteiger partial charge in [0.1, 0.15) is 6.07 Å². The second-order valence-electron chi connectivity index (χ2n) is 4.32. The third kappa shape index (κ3) is 3.73. The van der Waals surface area contributed by atoms with Crippen LogP contribution in [0.3, 0.4) is 0 Å². The third-order valence-corrected chi connectivity index (χ3v) is 4.53. The Morgan fingerprint density at radius 2 is 1.86 bits per heavy atom. The minimum Gasteiger partial charge on any atom is -0.399 e. The molecule has 0 radical (unpaired) electrons. The zero-order chi connectivity index (χ0) is 15.5. The van der Waals surface area contributed by atoms with Crippen molar-refractivity contribution in [1.82, 2.24) is 4.72 Å². The lowest BCUT2D eigenvalue weighted by atomic mass is 10.2.